The monoisotopic (exact) mass is 298 g/mol. The Morgan fingerprint density at radius 3 is 2.73 bits per heavy atom. The van der Waals surface area contributed by atoms with Crippen LogP contribution in [0, 0.1) is 0 Å². The van der Waals surface area contributed by atoms with Gasteiger partial charge in [0.2, 0.25) is 0 Å². The van der Waals surface area contributed by atoms with Gasteiger partial charge in [-0.1, -0.05) is 30.3 Å². The van der Waals surface area contributed by atoms with Gasteiger partial charge in [-0.3, -0.25) is 0 Å². The van der Waals surface area contributed by atoms with E-state index >= 15 is 0 Å². The molecule has 22 heavy (non-hydrogen) atoms. The lowest BCUT2D eigenvalue weighted by Crippen LogP contribution is -2.48. The van der Waals surface area contributed by atoms with Crippen molar-refractivity contribution in [2.24, 2.45) is 0 Å². The lowest BCUT2D eigenvalue weighted by Gasteiger charge is -2.34. The second-order valence-electron chi connectivity index (χ2n) is 5.85. The highest BCUT2D eigenvalue weighted by Gasteiger charge is 2.27. The van der Waals surface area contributed by atoms with Gasteiger partial charge in [0.1, 0.15) is 11.8 Å². The third kappa shape index (κ3) is 3.16. The van der Waals surface area contributed by atoms with Gasteiger partial charge >= 0.3 is 6.03 Å². The summed E-state index contributed by atoms with van der Waals surface area (Å²) in [6.07, 6.45) is 4.99. The van der Waals surface area contributed by atoms with Gasteiger partial charge in [0.05, 0.1) is 6.26 Å². The highest BCUT2D eigenvalue weighted by molar-refractivity contribution is 5.75. The number of nitrogens with zero attached hydrogens (tertiary/aromatic N) is 1. The average molecular weight is 298 g/mol. The number of piperidine rings is 1. The molecule has 2 heterocycles. The molecule has 1 aliphatic rings. The molecule has 0 radical (unpaired) electrons. The molecule has 0 aliphatic carbocycles. The lowest BCUT2D eigenvalue weighted by molar-refractivity contribution is 0.155. The summed E-state index contributed by atoms with van der Waals surface area (Å²) in [6, 6.07) is 13.7. The summed E-state index contributed by atoms with van der Waals surface area (Å²) in [6.45, 7) is 2.94. The van der Waals surface area contributed by atoms with Gasteiger partial charge in [-0.25, -0.2) is 4.79 Å². The number of likely N-dealkylation sites (tertiary alicyclic amines) is 1. The van der Waals surface area contributed by atoms with Crippen molar-refractivity contribution in [1.29, 1.82) is 0 Å². The minimum absolute atomic E-state index is 0.0162. The van der Waals surface area contributed by atoms with Crippen LogP contribution in [0.15, 0.2) is 53.1 Å². The van der Waals surface area contributed by atoms with E-state index < -0.39 is 0 Å². The van der Waals surface area contributed by atoms with Gasteiger partial charge in [-0.15, -0.1) is 0 Å². The highest BCUT2D eigenvalue weighted by Crippen LogP contribution is 2.24. The van der Waals surface area contributed by atoms with Crippen LogP contribution in [0.3, 0.4) is 0 Å². The molecule has 1 aliphatic heterocycles. The molecule has 2 aromatic rings. The van der Waals surface area contributed by atoms with E-state index in [1.54, 1.807) is 6.26 Å². The predicted octanol–water partition coefficient (Wildman–Crippen LogP) is 3.95. The fraction of sp³-hybridized carbons (Fsp3) is 0.389. The van der Waals surface area contributed by atoms with Crippen molar-refractivity contribution in [3.05, 3.63) is 60.1 Å². The number of carbonyl (C=O) groups is 1. The van der Waals surface area contributed by atoms with E-state index in [2.05, 4.69) is 12.2 Å². The van der Waals surface area contributed by atoms with Gasteiger partial charge < -0.3 is 14.6 Å². The second kappa shape index (κ2) is 6.69. The van der Waals surface area contributed by atoms with Crippen LogP contribution in [0.1, 0.15) is 43.6 Å². The van der Waals surface area contributed by atoms with E-state index in [4.69, 9.17) is 4.42 Å². The summed E-state index contributed by atoms with van der Waals surface area (Å²) in [4.78, 5) is 14.6. The Labute approximate surface area is 131 Å². The van der Waals surface area contributed by atoms with Crippen LogP contribution in [0.5, 0.6) is 0 Å². The number of benzene rings is 1. The molecule has 2 unspecified atom stereocenters. The number of nitrogens with one attached hydrogen (secondary N) is 1. The van der Waals surface area contributed by atoms with Crippen molar-refractivity contribution in [3.63, 3.8) is 0 Å². The van der Waals surface area contributed by atoms with E-state index in [0.29, 0.717) is 6.04 Å². The van der Waals surface area contributed by atoms with Gasteiger partial charge in [0.25, 0.3) is 0 Å². The number of furan rings is 1. The molecule has 2 amide bonds. The Bertz CT molecular complexity index is 595. The fourth-order valence-electron chi connectivity index (χ4n) is 3.03. The first-order valence-corrected chi connectivity index (χ1v) is 7.91. The summed E-state index contributed by atoms with van der Waals surface area (Å²) in [5.41, 5.74) is 1.02. The highest BCUT2D eigenvalue weighted by atomic mass is 16.3. The van der Waals surface area contributed by atoms with Crippen molar-refractivity contribution in [1.82, 2.24) is 10.2 Å². The summed E-state index contributed by atoms with van der Waals surface area (Å²) in [5, 5.41) is 3.13. The van der Waals surface area contributed by atoms with Crippen molar-refractivity contribution in [3.8, 4) is 0 Å². The van der Waals surface area contributed by atoms with Gasteiger partial charge in [0, 0.05) is 12.6 Å². The molecule has 0 saturated carbocycles. The number of hydrogen-bond donors (Lipinski definition) is 1. The molecule has 2 atom stereocenters. The smallest absolute Gasteiger partial charge is 0.318 e. The van der Waals surface area contributed by atoms with E-state index in [9.17, 15) is 4.79 Å². The zero-order valence-electron chi connectivity index (χ0n) is 12.9. The van der Waals surface area contributed by atoms with E-state index in [-0.39, 0.29) is 12.1 Å². The molecule has 116 valence electrons. The molecule has 3 rings (SSSR count). The molecule has 4 nitrogen and oxygen atoms in total. The minimum Gasteiger partial charge on any atom is -0.467 e. The molecule has 4 heteroatoms. The zero-order valence-corrected chi connectivity index (χ0v) is 12.9. The summed E-state index contributed by atoms with van der Waals surface area (Å²) >= 11 is 0. The SMILES string of the molecule is CC1CCCCN1C(=O)NC(c1ccccc1)c1ccco1. The first-order valence-electron chi connectivity index (χ1n) is 7.91. The van der Waals surface area contributed by atoms with E-state index in [0.717, 1.165) is 30.7 Å². The molecule has 1 aromatic carbocycles. The molecule has 0 spiro atoms. The normalized spacial score (nSPS) is 19.7. The number of urea groups is 1. The zero-order chi connectivity index (χ0) is 15.4. The summed E-state index contributed by atoms with van der Waals surface area (Å²) in [5.74, 6) is 0.754. The predicted molar refractivity (Wildman–Crippen MR) is 85.5 cm³/mol. The molecule has 1 N–H and O–H groups in total. The lowest BCUT2D eigenvalue weighted by atomic mass is 10.0. The minimum atomic E-state index is -0.252. The van der Waals surface area contributed by atoms with E-state index in [1.165, 1.54) is 6.42 Å². The van der Waals surface area contributed by atoms with Crippen LogP contribution in [0.25, 0.3) is 0 Å². The molecular formula is C18H22N2O2. The van der Waals surface area contributed by atoms with Crippen LogP contribution in [0.4, 0.5) is 4.79 Å². The van der Waals surface area contributed by atoms with Crippen LogP contribution in [-0.2, 0) is 0 Å². The topological polar surface area (TPSA) is 45.5 Å². The Kier molecular flexibility index (Phi) is 4.47. The third-order valence-corrected chi connectivity index (χ3v) is 4.29. The van der Waals surface area contributed by atoms with Gasteiger partial charge in [-0.2, -0.15) is 0 Å². The number of carbonyl (C=O) groups excluding carboxylic acids is 1. The van der Waals surface area contributed by atoms with Crippen LogP contribution in [0.2, 0.25) is 0 Å². The Morgan fingerprint density at radius 1 is 1.23 bits per heavy atom. The van der Waals surface area contributed by atoms with Gasteiger partial charge in [0.15, 0.2) is 0 Å². The van der Waals surface area contributed by atoms with Crippen molar-refractivity contribution in [2.75, 3.05) is 6.54 Å². The molecular weight excluding hydrogens is 276 g/mol. The number of amides is 2. The second-order valence-corrected chi connectivity index (χ2v) is 5.85. The van der Waals surface area contributed by atoms with Crippen LogP contribution < -0.4 is 5.32 Å². The molecule has 1 saturated heterocycles. The average Bonchev–Trinajstić information content (AvgIpc) is 3.08. The van der Waals surface area contributed by atoms with Crippen molar-refractivity contribution in [2.45, 2.75) is 38.3 Å². The maximum atomic E-state index is 12.7. The maximum absolute atomic E-state index is 12.7. The molecule has 1 fully saturated rings. The summed E-state index contributed by atoms with van der Waals surface area (Å²) < 4.78 is 5.53. The van der Waals surface area contributed by atoms with Crippen molar-refractivity contribution >= 4 is 6.03 Å². The fourth-order valence-corrected chi connectivity index (χ4v) is 3.03. The molecule has 1 aromatic heterocycles. The van der Waals surface area contributed by atoms with Gasteiger partial charge in [-0.05, 0) is 43.9 Å². The number of rotatable bonds is 3. The van der Waals surface area contributed by atoms with E-state index in [1.807, 2.05) is 47.4 Å². The Morgan fingerprint density at radius 2 is 2.05 bits per heavy atom. The third-order valence-electron chi connectivity index (χ3n) is 4.29. The first kappa shape index (κ1) is 14.7. The largest absolute Gasteiger partial charge is 0.467 e. The standard InChI is InChI=1S/C18H22N2O2/c1-14-8-5-6-12-20(14)18(21)19-17(16-11-7-13-22-16)15-9-3-2-4-10-15/h2-4,7,9-11,13-14,17H,5-6,8,12H2,1H3,(H,19,21). The Balaban J connectivity index is 1.80. The quantitative estimate of drug-likeness (QED) is 0.932. The molecule has 0 bridgehead atoms. The first-order chi connectivity index (χ1) is 10.8. The number of hydrogen-bond acceptors (Lipinski definition) is 2. The van der Waals surface area contributed by atoms with Crippen molar-refractivity contribution < 1.29 is 9.21 Å². The maximum Gasteiger partial charge on any atom is 0.318 e. The Hall–Kier alpha value is -2.23. The van der Waals surface area contributed by atoms with Crippen LogP contribution in [-0.4, -0.2) is 23.5 Å². The van der Waals surface area contributed by atoms with Crippen LogP contribution >= 0.6 is 0 Å². The summed E-state index contributed by atoms with van der Waals surface area (Å²) in [7, 11) is 0.